The summed E-state index contributed by atoms with van der Waals surface area (Å²) >= 11 is 6.26. The van der Waals surface area contributed by atoms with E-state index in [2.05, 4.69) is 5.32 Å². The Bertz CT molecular complexity index is 490. The van der Waals surface area contributed by atoms with Crippen LogP contribution in [0.5, 0.6) is 0 Å². The summed E-state index contributed by atoms with van der Waals surface area (Å²) < 4.78 is 13.5. The predicted octanol–water partition coefficient (Wildman–Crippen LogP) is 6.07. The molecule has 1 N–H and O–H groups in total. The molecule has 0 unspecified atom stereocenters. The van der Waals surface area contributed by atoms with Crippen LogP contribution >= 0.6 is 11.6 Å². The zero-order chi connectivity index (χ0) is 16.1. The first-order chi connectivity index (χ1) is 11.2. The van der Waals surface area contributed by atoms with Gasteiger partial charge in [-0.1, -0.05) is 30.9 Å². The highest BCUT2D eigenvalue weighted by Crippen LogP contribution is 2.39. The SMILES string of the molecule is Fc1ccc(Cl)c(C2CCC(CCNC3CCCCC3)CC2)c1. The summed E-state index contributed by atoms with van der Waals surface area (Å²) in [5.41, 5.74) is 1.02. The second-order valence-corrected chi connectivity index (χ2v) is 7.87. The molecule has 0 radical (unpaired) electrons. The van der Waals surface area contributed by atoms with Gasteiger partial charge in [-0.15, -0.1) is 0 Å². The van der Waals surface area contributed by atoms with Crippen LogP contribution in [0.4, 0.5) is 4.39 Å². The van der Waals surface area contributed by atoms with Crippen molar-refractivity contribution in [3.8, 4) is 0 Å². The van der Waals surface area contributed by atoms with E-state index in [1.165, 1.54) is 64.0 Å². The molecule has 3 rings (SSSR count). The van der Waals surface area contributed by atoms with Gasteiger partial charge in [-0.2, -0.15) is 0 Å². The van der Waals surface area contributed by atoms with Crippen molar-refractivity contribution in [2.45, 2.75) is 76.2 Å². The molecule has 0 atom stereocenters. The van der Waals surface area contributed by atoms with Gasteiger partial charge >= 0.3 is 0 Å². The number of benzene rings is 1. The highest BCUT2D eigenvalue weighted by atomic mass is 35.5. The topological polar surface area (TPSA) is 12.0 Å². The molecule has 2 saturated carbocycles. The third kappa shape index (κ3) is 4.93. The molecule has 0 aromatic heterocycles. The third-order valence-electron chi connectivity index (χ3n) is 5.84. The number of nitrogens with one attached hydrogen (secondary N) is 1. The second kappa shape index (κ2) is 8.48. The molecule has 2 aliphatic carbocycles. The summed E-state index contributed by atoms with van der Waals surface area (Å²) in [5.74, 6) is 1.11. The molecular weight excluding hydrogens is 309 g/mol. The lowest BCUT2D eigenvalue weighted by molar-refractivity contribution is 0.293. The van der Waals surface area contributed by atoms with E-state index in [4.69, 9.17) is 11.6 Å². The zero-order valence-corrected chi connectivity index (χ0v) is 14.8. The first-order valence-electron chi connectivity index (χ1n) is 9.40. The fourth-order valence-corrected chi connectivity index (χ4v) is 4.66. The van der Waals surface area contributed by atoms with Crippen LogP contribution in [0.2, 0.25) is 5.02 Å². The summed E-state index contributed by atoms with van der Waals surface area (Å²) in [6.45, 7) is 1.17. The third-order valence-corrected chi connectivity index (χ3v) is 6.18. The largest absolute Gasteiger partial charge is 0.314 e. The Hall–Kier alpha value is -0.600. The molecule has 3 heteroatoms. The van der Waals surface area contributed by atoms with Crippen LogP contribution in [0.1, 0.15) is 75.7 Å². The van der Waals surface area contributed by atoms with Gasteiger partial charge in [0.2, 0.25) is 0 Å². The maximum atomic E-state index is 13.5. The van der Waals surface area contributed by atoms with E-state index in [9.17, 15) is 4.39 Å². The number of hydrogen-bond donors (Lipinski definition) is 1. The van der Waals surface area contributed by atoms with Crippen LogP contribution in [0.3, 0.4) is 0 Å². The minimum absolute atomic E-state index is 0.164. The summed E-state index contributed by atoms with van der Waals surface area (Å²) in [6.07, 6.45) is 13.1. The van der Waals surface area contributed by atoms with Crippen LogP contribution in [-0.2, 0) is 0 Å². The summed E-state index contributed by atoms with van der Waals surface area (Å²) in [4.78, 5) is 0. The van der Waals surface area contributed by atoms with E-state index in [1.807, 2.05) is 0 Å². The first-order valence-corrected chi connectivity index (χ1v) is 9.78. The quantitative estimate of drug-likeness (QED) is 0.688. The normalized spacial score (nSPS) is 26.3. The van der Waals surface area contributed by atoms with E-state index >= 15 is 0 Å². The second-order valence-electron chi connectivity index (χ2n) is 7.46. The summed E-state index contributed by atoms with van der Waals surface area (Å²) in [5, 5.41) is 4.49. The van der Waals surface area contributed by atoms with E-state index < -0.39 is 0 Å². The smallest absolute Gasteiger partial charge is 0.123 e. The number of halogens is 2. The van der Waals surface area contributed by atoms with Gasteiger partial charge in [0.1, 0.15) is 5.82 Å². The molecule has 1 aromatic carbocycles. The van der Waals surface area contributed by atoms with Crippen LogP contribution in [0.25, 0.3) is 0 Å². The van der Waals surface area contributed by atoms with Gasteiger partial charge in [0.15, 0.2) is 0 Å². The van der Waals surface area contributed by atoms with Crippen molar-refractivity contribution >= 4 is 11.6 Å². The summed E-state index contributed by atoms with van der Waals surface area (Å²) in [7, 11) is 0. The average Bonchev–Trinajstić information content (AvgIpc) is 2.59. The van der Waals surface area contributed by atoms with Crippen LogP contribution < -0.4 is 5.32 Å². The van der Waals surface area contributed by atoms with Crippen molar-refractivity contribution in [1.29, 1.82) is 0 Å². The molecule has 1 aromatic rings. The Morgan fingerprint density at radius 2 is 1.74 bits per heavy atom. The molecular formula is C20H29ClFN. The molecule has 0 bridgehead atoms. The van der Waals surface area contributed by atoms with Crippen molar-refractivity contribution in [1.82, 2.24) is 5.32 Å². The maximum absolute atomic E-state index is 13.5. The Morgan fingerprint density at radius 1 is 1.00 bits per heavy atom. The van der Waals surface area contributed by atoms with Gasteiger partial charge in [-0.05, 0) is 87.1 Å². The lowest BCUT2D eigenvalue weighted by Gasteiger charge is -2.30. The van der Waals surface area contributed by atoms with Gasteiger partial charge in [-0.25, -0.2) is 4.39 Å². The van der Waals surface area contributed by atoms with Gasteiger partial charge in [-0.3, -0.25) is 0 Å². The van der Waals surface area contributed by atoms with Crippen molar-refractivity contribution in [2.24, 2.45) is 5.92 Å². The summed E-state index contributed by atoms with van der Waals surface area (Å²) in [6, 6.07) is 5.56. The molecule has 0 heterocycles. The fourth-order valence-electron chi connectivity index (χ4n) is 4.39. The van der Waals surface area contributed by atoms with E-state index in [1.54, 1.807) is 12.1 Å². The standard InChI is InChI=1S/C20H29ClFN/c21-20-11-10-17(22)14-19(20)16-8-6-15(7-9-16)12-13-23-18-4-2-1-3-5-18/h10-11,14-16,18,23H,1-9,12-13H2. The van der Waals surface area contributed by atoms with Gasteiger partial charge in [0, 0.05) is 11.1 Å². The number of hydrogen-bond acceptors (Lipinski definition) is 1. The van der Waals surface area contributed by atoms with Gasteiger partial charge < -0.3 is 5.32 Å². The average molecular weight is 338 g/mol. The highest BCUT2D eigenvalue weighted by Gasteiger charge is 2.24. The Kier molecular flexibility index (Phi) is 6.36. The van der Waals surface area contributed by atoms with Crippen molar-refractivity contribution in [3.63, 3.8) is 0 Å². The van der Waals surface area contributed by atoms with Crippen LogP contribution in [0, 0.1) is 11.7 Å². The van der Waals surface area contributed by atoms with Crippen molar-refractivity contribution in [3.05, 3.63) is 34.6 Å². The molecule has 2 aliphatic rings. The van der Waals surface area contributed by atoms with Crippen LogP contribution in [-0.4, -0.2) is 12.6 Å². The van der Waals surface area contributed by atoms with E-state index in [0.29, 0.717) is 5.92 Å². The van der Waals surface area contributed by atoms with Crippen molar-refractivity contribution in [2.75, 3.05) is 6.54 Å². The molecule has 2 fully saturated rings. The Morgan fingerprint density at radius 3 is 2.48 bits per heavy atom. The molecule has 0 amide bonds. The Balaban J connectivity index is 1.40. The first kappa shape index (κ1) is 17.2. The van der Waals surface area contributed by atoms with Gasteiger partial charge in [0.05, 0.1) is 0 Å². The van der Waals surface area contributed by atoms with E-state index in [-0.39, 0.29) is 5.82 Å². The number of rotatable bonds is 5. The minimum Gasteiger partial charge on any atom is -0.314 e. The van der Waals surface area contributed by atoms with Gasteiger partial charge in [0.25, 0.3) is 0 Å². The fraction of sp³-hybridized carbons (Fsp3) is 0.700. The molecule has 23 heavy (non-hydrogen) atoms. The molecule has 1 nitrogen and oxygen atoms in total. The minimum atomic E-state index is -0.164. The Labute approximate surface area is 145 Å². The van der Waals surface area contributed by atoms with E-state index in [0.717, 1.165) is 35.4 Å². The van der Waals surface area contributed by atoms with Crippen LogP contribution in [0.15, 0.2) is 18.2 Å². The molecule has 0 aliphatic heterocycles. The molecule has 0 spiro atoms. The predicted molar refractivity (Wildman–Crippen MR) is 95.6 cm³/mol. The van der Waals surface area contributed by atoms with Crippen molar-refractivity contribution < 1.29 is 4.39 Å². The lowest BCUT2D eigenvalue weighted by Crippen LogP contribution is -2.32. The maximum Gasteiger partial charge on any atom is 0.123 e. The monoisotopic (exact) mass is 337 g/mol. The zero-order valence-electron chi connectivity index (χ0n) is 14.0. The molecule has 0 saturated heterocycles. The molecule has 128 valence electrons. The highest BCUT2D eigenvalue weighted by molar-refractivity contribution is 6.31. The lowest BCUT2D eigenvalue weighted by atomic mass is 9.77.